The lowest BCUT2D eigenvalue weighted by Crippen LogP contribution is -2.36. The minimum absolute atomic E-state index is 0. The molecule has 1 saturated carbocycles. The summed E-state index contributed by atoms with van der Waals surface area (Å²) in [5, 5.41) is 7.00. The second-order valence-corrected chi connectivity index (χ2v) is 4.94. The summed E-state index contributed by atoms with van der Waals surface area (Å²) in [6.07, 6.45) is 5.26. The Bertz CT molecular complexity index is 389. The highest BCUT2D eigenvalue weighted by molar-refractivity contribution is 14.0. The van der Waals surface area contributed by atoms with Crippen LogP contribution in [0.15, 0.2) is 35.3 Å². The number of benzene rings is 1. The first-order valence-corrected chi connectivity index (χ1v) is 6.53. The van der Waals surface area contributed by atoms with Crippen molar-refractivity contribution in [2.24, 2.45) is 4.99 Å². The fourth-order valence-electron chi connectivity index (χ4n) is 2.71. The lowest BCUT2D eigenvalue weighted by atomic mass is 9.92. The third-order valence-electron chi connectivity index (χ3n) is 3.67. The van der Waals surface area contributed by atoms with Crippen molar-refractivity contribution in [3.63, 3.8) is 0 Å². The van der Waals surface area contributed by atoms with Gasteiger partial charge in [-0.1, -0.05) is 43.2 Å². The maximum Gasteiger partial charge on any atom is 0.192 e. The average molecular weight is 357 g/mol. The zero-order valence-corrected chi connectivity index (χ0v) is 12.8. The molecule has 0 bridgehead atoms. The van der Waals surface area contributed by atoms with Crippen LogP contribution in [0, 0.1) is 0 Å². The smallest absolute Gasteiger partial charge is 0.192 e. The Morgan fingerprint density at radius 2 is 1.61 bits per heavy atom. The van der Waals surface area contributed by atoms with Crippen LogP contribution in [0.5, 0.6) is 0 Å². The van der Waals surface area contributed by atoms with Crippen molar-refractivity contribution in [3.05, 3.63) is 35.9 Å². The van der Waals surface area contributed by atoms with Gasteiger partial charge in [-0.25, -0.2) is 4.99 Å². The lowest BCUT2D eigenvalue weighted by Gasteiger charge is -2.23. The number of fused-ring (bicyclic) bond motifs is 1. The van der Waals surface area contributed by atoms with E-state index < -0.39 is 0 Å². The quantitative estimate of drug-likeness (QED) is 0.799. The third-order valence-corrected chi connectivity index (χ3v) is 3.67. The number of hydrogen-bond acceptors (Lipinski definition) is 1. The van der Waals surface area contributed by atoms with Crippen molar-refractivity contribution >= 4 is 29.9 Å². The molecule has 2 N–H and O–H groups in total. The normalized spacial score (nSPS) is 25.4. The summed E-state index contributed by atoms with van der Waals surface area (Å²) < 4.78 is 0. The van der Waals surface area contributed by atoms with Gasteiger partial charge in [0.1, 0.15) is 0 Å². The van der Waals surface area contributed by atoms with Gasteiger partial charge in [0.2, 0.25) is 0 Å². The molecule has 0 radical (unpaired) electrons. The Morgan fingerprint density at radius 1 is 1.00 bits per heavy atom. The van der Waals surface area contributed by atoms with Crippen molar-refractivity contribution < 1.29 is 0 Å². The maximum atomic E-state index is 4.61. The van der Waals surface area contributed by atoms with Gasteiger partial charge in [0.25, 0.3) is 0 Å². The molecule has 18 heavy (non-hydrogen) atoms. The van der Waals surface area contributed by atoms with Crippen LogP contribution in [0.1, 0.15) is 31.2 Å². The molecule has 4 heteroatoms. The minimum atomic E-state index is 0. The number of halogens is 1. The Hall–Kier alpha value is -0.780. The molecule has 1 heterocycles. The van der Waals surface area contributed by atoms with Gasteiger partial charge in [-0.2, -0.15) is 0 Å². The molecule has 3 rings (SSSR count). The first-order valence-electron chi connectivity index (χ1n) is 6.53. The lowest BCUT2D eigenvalue weighted by molar-refractivity contribution is 0.374. The van der Waals surface area contributed by atoms with Gasteiger partial charge in [-0.3, -0.25) is 0 Å². The zero-order valence-electron chi connectivity index (χ0n) is 10.4. The van der Waals surface area contributed by atoms with Crippen LogP contribution in [0.2, 0.25) is 0 Å². The number of aliphatic imine (C=N–C) groups is 1. The molecule has 2 fully saturated rings. The number of hydrogen-bond donors (Lipinski definition) is 2. The Kier molecular flexibility index (Phi) is 4.86. The molecule has 1 aromatic carbocycles. The van der Waals surface area contributed by atoms with Crippen molar-refractivity contribution in [1.29, 1.82) is 0 Å². The van der Waals surface area contributed by atoms with E-state index in [1.165, 1.54) is 31.2 Å². The predicted octanol–water partition coefficient (Wildman–Crippen LogP) is 2.66. The van der Waals surface area contributed by atoms with Gasteiger partial charge in [0.05, 0.1) is 6.54 Å². The number of guanidine groups is 1. The van der Waals surface area contributed by atoms with E-state index >= 15 is 0 Å². The van der Waals surface area contributed by atoms with Gasteiger partial charge in [-0.15, -0.1) is 24.0 Å². The van der Waals surface area contributed by atoms with Crippen LogP contribution in [0.3, 0.4) is 0 Å². The van der Waals surface area contributed by atoms with Gasteiger partial charge in [0, 0.05) is 12.1 Å². The van der Waals surface area contributed by atoms with E-state index in [0.717, 1.165) is 12.5 Å². The molecule has 0 aromatic heterocycles. The molecule has 1 aromatic rings. The van der Waals surface area contributed by atoms with Gasteiger partial charge >= 0.3 is 0 Å². The van der Waals surface area contributed by atoms with Crippen LogP contribution < -0.4 is 10.6 Å². The topological polar surface area (TPSA) is 36.4 Å². The second kappa shape index (κ2) is 6.41. The van der Waals surface area contributed by atoms with Crippen LogP contribution in [0.4, 0.5) is 0 Å². The summed E-state index contributed by atoms with van der Waals surface area (Å²) in [5.41, 5.74) is 1.26. The zero-order chi connectivity index (χ0) is 11.5. The molecule has 98 valence electrons. The SMILES string of the molecule is I.c1ccc(CN=C2N[C@@H]3CCCC[C@H]3N2)cc1. The third kappa shape index (κ3) is 3.16. The molecular formula is C14H20IN3. The molecule has 2 aliphatic rings. The van der Waals surface area contributed by atoms with Gasteiger partial charge in [-0.05, 0) is 18.4 Å². The molecule has 0 spiro atoms. The number of rotatable bonds is 2. The Balaban J connectivity index is 0.00000120. The van der Waals surface area contributed by atoms with Crippen molar-refractivity contribution in [2.45, 2.75) is 44.3 Å². The highest BCUT2D eigenvalue weighted by Crippen LogP contribution is 2.21. The molecule has 1 saturated heterocycles. The summed E-state index contributed by atoms with van der Waals surface area (Å²) in [6, 6.07) is 11.6. The van der Waals surface area contributed by atoms with Crippen LogP contribution in [0.25, 0.3) is 0 Å². The first-order chi connectivity index (χ1) is 8.42. The average Bonchev–Trinajstić information content (AvgIpc) is 2.80. The van der Waals surface area contributed by atoms with Crippen LogP contribution in [-0.2, 0) is 6.54 Å². The molecule has 3 nitrogen and oxygen atoms in total. The Morgan fingerprint density at radius 3 is 2.22 bits per heavy atom. The van der Waals surface area contributed by atoms with E-state index in [0.29, 0.717) is 12.1 Å². The van der Waals surface area contributed by atoms with E-state index in [-0.39, 0.29) is 24.0 Å². The van der Waals surface area contributed by atoms with E-state index in [2.05, 4.69) is 39.9 Å². The van der Waals surface area contributed by atoms with Gasteiger partial charge < -0.3 is 10.6 Å². The highest BCUT2D eigenvalue weighted by Gasteiger charge is 2.31. The van der Waals surface area contributed by atoms with E-state index in [4.69, 9.17) is 0 Å². The minimum Gasteiger partial charge on any atom is -0.352 e. The molecule has 2 atom stereocenters. The summed E-state index contributed by atoms with van der Waals surface area (Å²) >= 11 is 0. The summed E-state index contributed by atoms with van der Waals surface area (Å²) in [5.74, 6) is 0.991. The molecular weight excluding hydrogens is 337 g/mol. The fourth-order valence-corrected chi connectivity index (χ4v) is 2.71. The molecule has 0 unspecified atom stereocenters. The van der Waals surface area contributed by atoms with E-state index in [1.54, 1.807) is 0 Å². The standard InChI is InChI=1S/C14H19N3.HI/c1-2-6-11(7-3-1)10-15-14-16-12-8-4-5-9-13(12)17-14;/h1-3,6-7,12-13H,4-5,8-10H2,(H2,15,16,17);1H/t12-,13-;/m1./s1. The summed E-state index contributed by atoms with van der Waals surface area (Å²) in [7, 11) is 0. The van der Waals surface area contributed by atoms with Crippen molar-refractivity contribution in [1.82, 2.24) is 10.6 Å². The molecule has 1 aliphatic carbocycles. The number of nitrogens with one attached hydrogen (secondary N) is 2. The summed E-state index contributed by atoms with van der Waals surface area (Å²) in [6.45, 7) is 0.760. The number of nitrogens with zero attached hydrogens (tertiary/aromatic N) is 1. The monoisotopic (exact) mass is 357 g/mol. The van der Waals surface area contributed by atoms with E-state index in [1.807, 2.05) is 6.07 Å². The molecule has 0 amide bonds. The maximum absolute atomic E-state index is 4.61. The largest absolute Gasteiger partial charge is 0.352 e. The van der Waals surface area contributed by atoms with E-state index in [9.17, 15) is 0 Å². The van der Waals surface area contributed by atoms with Gasteiger partial charge in [0.15, 0.2) is 5.96 Å². The second-order valence-electron chi connectivity index (χ2n) is 4.94. The predicted molar refractivity (Wildman–Crippen MR) is 85.3 cm³/mol. The van der Waals surface area contributed by atoms with Crippen molar-refractivity contribution in [2.75, 3.05) is 0 Å². The van der Waals surface area contributed by atoms with Crippen LogP contribution >= 0.6 is 24.0 Å². The van der Waals surface area contributed by atoms with Crippen molar-refractivity contribution in [3.8, 4) is 0 Å². The Labute approximate surface area is 125 Å². The summed E-state index contributed by atoms with van der Waals surface area (Å²) in [4.78, 5) is 4.61. The van der Waals surface area contributed by atoms with Crippen LogP contribution in [-0.4, -0.2) is 18.0 Å². The highest BCUT2D eigenvalue weighted by atomic mass is 127. The molecule has 1 aliphatic heterocycles. The first kappa shape index (κ1) is 13.6. The fraction of sp³-hybridized carbons (Fsp3) is 0.500.